The number of aromatic nitrogens is 3. The lowest BCUT2D eigenvalue weighted by molar-refractivity contribution is -0.116. The number of hydrogen-bond acceptors (Lipinski definition) is 7. The number of hydrogen-bond donors (Lipinski definition) is 2. The third kappa shape index (κ3) is 5.02. The second-order valence-corrected chi connectivity index (χ2v) is 8.36. The summed E-state index contributed by atoms with van der Waals surface area (Å²) >= 11 is 1.29. The Hall–Kier alpha value is -3.53. The summed E-state index contributed by atoms with van der Waals surface area (Å²) in [6, 6.07) is 14.5. The predicted molar refractivity (Wildman–Crippen MR) is 121 cm³/mol. The highest BCUT2D eigenvalue weighted by Gasteiger charge is 2.22. The maximum absolute atomic E-state index is 12.7. The SMILES string of the molecule is CCn1c(CC(=O)Nc2ccccc2)nnc1S[C@@H](C)C(=O)Nc1ccc2c(c1)OCO2. The molecule has 32 heavy (non-hydrogen) atoms. The van der Waals surface area contributed by atoms with Crippen molar-refractivity contribution in [2.24, 2.45) is 0 Å². The Balaban J connectivity index is 1.37. The number of ether oxygens (including phenoxy) is 2. The molecule has 0 saturated heterocycles. The minimum absolute atomic E-state index is 0.0913. The highest BCUT2D eigenvalue weighted by atomic mass is 32.2. The summed E-state index contributed by atoms with van der Waals surface area (Å²) in [6.45, 7) is 4.50. The van der Waals surface area contributed by atoms with Crippen molar-refractivity contribution in [1.29, 1.82) is 0 Å². The van der Waals surface area contributed by atoms with E-state index in [1.807, 2.05) is 41.8 Å². The van der Waals surface area contributed by atoms with Gasteiger partial charge < -0.3 is 24.7 Å². The van der Waals surface area contributed by atoms with Crippen LogP contribution in [-0.4, -0.2) is 38.6 Å². The van der Waals surface area contributed by atoms with E-state index in [1.54, 1.807) is 25.1 Å². The number of rotatable bonds is 8. The lowest BCUT2D eigenvalue weighted by Gasteiger charge is -2.13. The van der Waals surface area contributed by atoms with E-state index in [0.29, 0.717) is 34.7 Å². The molecule has 2 aromatic carbocycles. The van der Waals surface area contributed by atoms with E-state index >= 15 is 0 Å². The first-order valence-electron chi connectivity index (χ1n) is 10.2. The molecule has 0 bridgehead atoms. The molecule has 2 N–H and O–H groups in total. The summed E-state index contributed by atoms with van der Waals surface area (Å²) < 4.78 is 12.5. The number of thioether (sulfide) groups is 1. The predicted octanol–water partition coefficient (Wildman–Crippen LogP) is 3.33. The van der Waals surface area contributed by atoms with Gasteiger partial charge in [-0.25, -0.2) is 0 Å². The maximum Gasteiger partial charge on any atom is 0.237 e. The van der Waals surface area contributed by atoms with Crippen molar-refractivity contribution < 1.29 is 19.1 Å². The van der Waals surface area contributed by atoms with Gasteiger partial charge in [0.25, 0.3) is 0 Å². The molecule has 0 fully saturated rings. The summed E-state index contributed by atoms with van der Waals surface area (Å²) in [6.07, 6.45) is 0.0913. The average Bonchev–Trinajstić information content (AvgIpc) is 3.40. The van der Waals surface area contributed by atoms with Crippen molar-refractivity contribution in [2.75, 3.05) is 17.4 Å². The van der Waals surface area contributed by atoms with Crippen LogP contribution in [0.5, 0.6) is 11.5 Å². The first-order valence-corrected chi connectivity index (χ1v) is 11.1. The fourth-order valence-electron chi connectivity index (χ4n) is 3.15. The molecule has 0 saturated carbocycles. The summed E-state index contributed by atoms with van der Waals surface area (Å²) in [5.74, 6) is 1.45. The second kappa shape index (κ2) is 9.73. The zero-order chi connectivity index (χ0) is 22.5. The Bertz CT molecular complexity index is 1120. The lowest BCUT2D eigenvalue weighted by atomic mass is 10.2. The van der Waals surface area contributed by atoms with Crippen LogP contribution in [0.2, 0.25) is 0 Å². The largest absolute Gasteiger partial charge is 0.454 e. The third-order valence-corrected chi connectivity index (χ3v) is 5.86. The van der Waals surface area contributed by atoms with Crippen LogP contribution >= 0.6 is 11.8 Å². The average molecular weight is 454 g/mol. The minimum atomic E-state index is -0.430. The quantitative estimate of drug-likeness (QED) is 0.504. The first kappa shape index (κ1) is 21.7. The fraction of sp³-hybridized carbons (Fsp3) is 0.273. The van der Waals surface area contributed by atoms with Crippen molar-refractivity contribution in [3.8, 4) is 11.5 Å². The molecule has 4 rings (SSSR count). The standard InChI is InChI=1S/C22H23N5O4S/c1-3-27-19(12-20(28)23-15-7-5-4-6-8-15)25-26-22(27)32-14(2)21(29)24-16-9-10-17-18(11-16)31-13-30-17/h4-11,14H,3,12-13H2,1-2H3,(H,23,28)(H,24,29)/t14-/m0/s1. The zero-order valence-corrected chi connectivity index (χ0v) is 18.5. The molecule has 1 aromatic heterocycles. The molecule has 9 nitrogen and oxygen atoms in total. The molecule has 1 aliphatic heterocycles. The number of carbonyl (C=O) groups is 2. The van der Waals surface area contributed by atoms with Gasteiger partial charge in [-0.05, 0) is 38.1 Å². The molecular weight excluding hydrogens is 430 g/mol. The van der Waals surface area contributed by atoms with Crippen molar-refractivity contribution in [2.45, 2.75) is 37.2 Å². The molecule has 1 aliphatic rings. The number of carbonyl (C=O) groups excluding carboxylic acids is 2. The Morgan fingerprint density at radius 1 is 1.06 bits per heavy atom. The van der Waals surface area contributed by atoms with Gasteiger partial charge in [0.15, 0.2) is 16.7 Å². The van der Waals surface area contributed by atoms with Gasteiger partial charge in [0.2, 0.25) is 18.6 Å². The zero-order valence-electron chi connectivity index (χ0n) is 17.7. The number of amides is 2. The van der Waals surface area contributed by atoms with Gasteiger partial charge in [-0.2, -0.15) is 0 Å². The van der Waals surface area contributed by atoms with E-state index in [2.05, 4.69) is 20.8 Å². The van der Waals surface area contributed by atoms with E-state index < -0.39 is 5.25 Å². The molecule has 0 aliphatic carbocycles. The summed E-state index contributed by atoms with van der Waals surface area (Å²) in [7, 11) is 0. The molecule has 3 aromatic rings. The number of nitrogens with zero attached hydrogens (tertiary/aromatic N) is 3. The van der Waals surface area contributed by atoms with Crippen molar-refractivity contribution in [3.63, 3.8) is 0 Å². The first-order chi connectivity index (χ1) is 15.5. The Morgan fingerprint density at radius 2 is 1.84 bits per heavy atom. The van der Waals surface area contributed by atoms with Gasteiger partial charge in [-0.3, -0.25) is 9.59 Å². The van der Waals surface area contributed by atoms with Gasteiger partial charge in [-0.1, -0.05) is 30.0 Å². The highest BCUT2D eigenvalue weighted by molar-refractivity contribution is 8.00. The van der Waals surface area contributed by atoms with E-state index in [0.717, 1.165) is 5.69 Å². The number of anilines is 2. The van der Waals surface area contributed by atoms with Crippen LogP contribution in [0.4, 0.5) is 11.4 Å². The van der Waals surface area contributed by atoms with Gasteiger partial charge in [-0.15, -0.1) is 10.2 Å². The van der Waals surface area contributed by atoms with Gasteiger partial charge >= 0.3 is 0 Å². The van der Waals surface area contributed by atoms with E-state index in [9.17, 15) is 9.59 Å². The van der Waals surface area contributed by atoms with Crippen molar-refractivity contribution in [3.05, 3.63) is 54.4 Å². The topological polar surface area (TPSA) is 107 Å². The Labute approximate surface area is 189 Å². The van der Waals surface area contributed by atoms with Gasteiger partial charge in [0.1, 0.15) is 5.82 Å². The number of benzene rings is 2. The Kier molecular flexibility index (Phi) is 6.60. The van der Waals surface area contributed by atoms with Gasteiger partial charge in [0, 0.05) is 24.0 Å². The molecule has 166 valence electrons. The smallest absolute Gasteiger partial charge is 0.237 e. The van der Waals surface area contributed by atoms with E-state index in [1.165, 1.54) is 11.8 Å². The minimum Gasteiger partial charge on any atom is -0.454 e. The van der Waals surface area contributed by atoms with Crippen molar-refractivity contribution in [1.82, 2.24) is 14.8 Å². The molecular formula is C22H23N5O4S. The number of nitrogens with one attached hydrogen (secondary N) is 2. The molecule has 0 spiro atoms. The number of para-hydroxylation sites is 1. The highest BCUT2D eigenvalue weighted by Crippen LogP contribution is 2.34. The van der Waals surface area contributed by atoms with Gasteiger partial charge in [0.05, 0.1) is 11.7 Å². The normalized spacial score (nSPS) is 12.9. The van der Waals surface area contributed by atoms with E-state index in [-0.39, 0.29) is 25.0 Å². The fourth-order valence-corrected chi connectivity index (χ4v) is 4.09. The molecule has 2 amide bonds. The van der Waals surface area contributed by atoms with Crippen LogP contribution in [0.15, 0.2) is 53.7 Å². The number of fused-ring (bicyclic) bond motifs is 1. The maximum atomic E-state index is 12.7. The molecule has 0 radical (unpaired) electrons. The van der Waals surface area contributed by atoms with Crippen molar-refractivity contribution >= 4 is 35.0 Å². The second-order valence-electron chi connectivity index (χ2n) is 7.05. The summed E-state index contributed by atoms with van der Waals surface area (Å²) in [5.41, 5.74) is 1.35. The lowest BCUT2D eigenvalue weighted by Crippen LogP contribution is -2.23. The monoisotopic (exact) mass is 453 g/mol. The van der Waals surface area contributed by atoms with Crippen LogP contribution < -0.4 is 20.1 Å². The van der Waals surface area contributed by atoms with Crippen LogP contribution in [-0.2, 0) is 22.6 Å². The molecule has 2 heterocycles. The molecule has 10 heteroatoms. The van der Waals surface area contributed by atoms with Crippen LogP contribution in [0.1, 0.15) is 19.7 Å². The van der Waals surface area contributed by atoms with Crippen LogP contribution in [0.25, 0.3) is 0 Å². The molecule has 0 unspecified atom stereocenters. The Morgan fingerprint density at radius 3 is 2.62 bits per heavy atom. The van der Waals surface area contributed by atoms with E-state index in [4.69, 9.17) is 9.47 Å². The van der Waals surface area contributed by atoms with Crippen LogP contribution in [0, 0.1) is 0 Å². The summed E-state index contributed by atoms with van der Waals surface area (Å²) in [4.78, 5) is 25.1. The molecule has 1 atom stereocenters. The van der Waals surface area contributed by atoms with Crippen LogP contribution in [0.3, 0.4) is 0 Å². The summed E-state index contributed by atoms with van der Waals surface area (Å²) in [5, 5.41) is 14.3. The third-order valence-electron chi connectivity index (χ3n) is 4.78.